The summed E-state index contributed by atoms with van der Waals surface area (Å²) in [5.74, 6) is 0.262. The highest BCUT2D eigenvalue weighted by atomic mass is 14.5. The molecule has 0 radical (unpaired) electrons. The highest BCUT2D eigenvalue weighted by Crippen LogP contribution is 2.30. The lowest BCUT2D eigenvalue weighted by atomic mass is 9.87. The van der Waals surface area contributed by atoms with Crippen LogP contribution in [0, 0.1) is 29.6 Å². The molecule has 0 amide bonds. The molecule has 1 aromatic carbocycles. The Labute approximate surface area is 102 Å². The quantitative estimate of drug-likeness (QED) is 0.784. The molecule has 0 atom stereocenters. The fourth-order valence-electron chi connectivity index (χ4n) is 2.03. The van der Waals surface area contributed by atoms with Gasteiger partial charge in [0.1, 0.15) is 0 Å². The standard InChI is InChI=1S/C14H17N3/c1-11-6-7-13(17)10-14(11)12(4-2-8-15)5-3-9-16/h6-7,10,12H,2-5,17H2,1H3. The molecule has 0 bridgehead atoms. The Kier molecular flexibility index (Phi) is 5.04. The summed E-state index contributed by atoms with van der Waals surface area (Å²) in [6.45, 7) is 2.04. The van der Waals surface area contributed by atoms with E-state index in [9.17, 15) is 0 Å². The number of nitrogen functional groups attached to an aromatic ring is 1. The van der Waals surface area contributed by atoms with Crippen LogP contribution in [0.15, 0.2) is 18.2 Å². The van der Waals surface area contributed by atoms with Gasteiger partial charge in [0.2, 0.25) is 0 Å². The van der Waals surface area contributed by atoms with Crippen LogP contribution >= 0.6 is 0 Å². The van der Waals surface area contributed by atoms with Crippen LogP contribution in [0.5, 0.6) is 0 Å². The summed E-state index contributed by atoms with van der Waals surface area (Å²) in [5, 5.41) is 17.3. The van der Waals surface area contributed by atoms with Gasteiger partial charge in [-0.1, -0.05) is 6.07 Å². The Bertz CT molecular complexity index is 434. The van der Waals surface area contributed by atoms with Crippen molar-refractivity contribution in [3.05, 3.63) is 29.3 Å². The van der Waals surface area contributed by atoms with Crippen molar-refractivity contribution in [1.29, 1.82) is 10.5 Å². The van der Waals surface area contributed by atoms with Crippen molar-refractivity contribution in [2.75, 3.05) is 5.73 Å². The first-order valence-electron chi connectivity index (χ1n) is 5.79. The van der Waals surface area contributed by atoms with Gasteiger partial charge in [-0.05, 0) is 48.9 Å². The topological polar surface area (TPSA) is 73.6 Å². The van der Waals surface area contributed by atoms with E-state index in [1.165, 1.54) is 11.1 Å². The summed E-state index contributed by atoms with van der Waals surface area (Å²) in [6, 6.07) is 10.2. The zero-order valence-electron chi connectivity index (χ0n) is 10.1. The lowest BCUT2D eigenvalue weighted by molar-refractivity contribution is 0.591. The lowest BCUT2D eigenvalue weighted by Crippen LogP contribution is -2.02. The molecule has 0 spiro atoms. The Hall–Kier alpha value is -2.00. The maximum atomic E-state index is 8.67. The number of nitrogens with two attached hydrogens (primary N) is 1. The second-order valence-electron chi connectivity index (χ2n) is 4.21. The lowest BCUT2D eigenvalue weighted by Gasteiger charge is -2.17. The van der Waals surface area contributed by atoms with Crippen LogP contribution in [0.3, 0.4) is 0 Å². The molecule has 0 fully saturated rings. The third-order valence-electron chi connectivity index (χ3n) is 2.95. The van der Waals surface area contributed by atoms with Crippen LogP contribution in [0.2, 0.25) is 0 Å². The van der Waals surface area contributed by atoms with Crippen LogP contribution in [-0.2, 0) is 0 Å². The molecule has 0 aliphatic rings. The van der Waals surface area contributed by atoms with Crippen LogP contribution < -0.4 is 5.73 Å². The summed E-state index contributed by atoms with van der Waals surface area (Å²) in [4.78, 5) is 0. The maximum absolute atomic E-state index is 8.67. The highest BCUT2D eigenvalue weighted by molar-refractivity contribution is 5.45. The predicted molar refractivity (Wildman–Crippen MR) is 68.0 cm³/mol. The average Bonchev–Trinajstić information content (AvgIpc) is 2.33. The summed E-state index contributed by atoms with van der Waals surface area (Å²) in [5.41, 5.74) is 8.89. The van der Waals surface area contributed by atoms with E-state index < -0.39 is 0 Å². The molecule has 0 saturated heterocycles. The van der Waals surface area contributed by atoms with Crippen molar-refractivity contribution in [3.63, 3.8) is 0 Å². The van der Waals surface area contributed by atoms with Gasteiger partial charge < -0.3 is 5.73 Å². The number of benzene rings is 1. The number of aryl methyl sites for hydroxylation is 1. The minimum atomic E-state index is 0.262. The molecule has 0 aromatic heterocycles. The first-order chi connectivity index (χ1) is 8.19. The largest absolute Gasteiger partial charge is 0.399 e. The van der Waals surface area contributed by atoms with Crippen molar-refractivity contribution < 1.29 is 0 Å². The Morgan fingerprint density at radius 1 is 1.18 bits per heavy atom. The Balaban J connectivity index is 2.91. The molecule has 1 rings (SSSR count). The second-order valence-corrected chi connectivity index (χ2v) is 4.21. The second kappa shape index (κ2) is 6.55. The fraction of sp³-hybridized carbons (Fsp3) is 0.429. The fourth-order valence-corrected chi connectivity index (χ4v) is 2.03. The third-order valence-corrected chi connectivity index (χ3v) is 2.95. The minimum absolute atomic E-state index is 0.262. The molecular weight excluding hydrogens is 210 g/mol. The summed E-state index contributed by atoms with van der Waals surface area (Å²) in [6.07, 6.45) is 2.62. The van der Waals surface area contributed by atoms with Gasteiger partial charge in [-0.3, -0.25) is 0 Å². The molecule has 1 aromatic rings. The molecule has 3 heteroatoms. The first-order valence-corrected chi connectivity index (χ1v) is 5.79. The van der Waals surface area contributed by atoms with Crippen molar-refractivity contribution in [1.82, 2.24) is 0 Å². The van der Waals surface area contributed by atoms with Crippen molar-refractivity contribution in [3.8, 4) is 12.1 Å². The van der Waals surface area contributed by atoms with Gasteiger partial charge in [-0.2, -0.15) is 10.5 Å². The smallest absolute Gasteiger partial charge is 0.0621 e. The Morgan fingerprint density at radius 2 is 1.76 bits per heavy atom. The van der Waals surface area contributed by atoms with E-state index in [1.54, 1.807) is 0 Å². The number of hydrogen-bond acceptors (Lipinski definition) is 3. The van der Waals surface area contributed by atoms with Crippen molar-refractivity contribution in [2.45, 2.75) is 38.5 Å². The number of anilines is 1. The van der Waals surface area contributed by atoms with Crippen LogP contribution in [-0.4, -0.2) is 0 Å². The van der Waals surface area contributed by atoms with E-state index in [0.29, 0.717) is 12.8 Å². The summed E-state index contributed by atoms with van der Waals surface area (Å²) in [7, 11) is 0. The van der Waals surface area contributed by atoms with E-state index in [0.717, 1.165) is 18.5 Å². The molecule has 17 heavy (non-hydrogen) atoms. The van der Waals surface area contributed by atoms with Crippen LogP contribution in [0.4, 0.5) is 5.69 Å². The number of hydrogen-bond donors (Lipinski definition) is 1. The maximum Gasteiger partial charge on any atom is 0.0621 e. The third kappa shape index (κ3) is 3.81. The van der Waals surface area contributed by atoms with Gasteiger partial charge in [0.05, 0.1) is 12.1 Å². The molecule has 3 nitrogen and oxygen atoms in total. The molecule has 0 aliphatic heterocycles. The predicted octanol–water partition coefficient (Wildman–Crippen LogP) is 3.27. The van der Waals surface area contributed by atoms with Crippen molar-refractivity contribution >= 4 is 5.69 Å². The van der Waals surface area contributed by atoms with E-state index in [4.69, 9.17) is 16.3 Å². The van der Waals surface area contributed by atoms with E-state index in [2.05, 4.69) is 12.1 Å². The van der Waals surface area contributed by atoms with Crippen molar-refractivity contribution in [2.24, 2.45) is 0 Å². The number of nitrogens with zero attached hydrogens (tertiary/aromatic N) is 2. The van der Waals surface area contributed by atoms with Gasteiger partial charge >= 0.3 is 0 Å². The number of rotatable bonds is 5. The van der Waals surface area contributed by atoms with Gasteiger partial charge in [-0.25, -0.2) is 0 Å². The van der Waals surface area contributed by atoms with E-state index in [-0.39, 0.29) is 5.92 Å². The van der Waals surface area contributed by atoms with E-state index in [1.807, 2.05) is 25.1 Å². The normalized spacial score (nSPS) is 9.88. The highest BCUT2D eigenvalue weighted by Gasteiger charge is 2.13. The minimum Gasteiger partial charge on any atom is -0.399 e. The number of nitriles is 2. The molecule has 0 unspecified atom stereocenters. The SMILES string of the molecule is Cc1ccc(N)cc1C(CCC#N)CCC#N. The zero-order valence-corrected chi connectivity index (χ0v) is 10.1. The zero-order chi connectivity index (χ0) is 12.7. The van der Waals surface area contributed by atoms with Gasteiger partial charge in [0.25, 0.3) is 0 Å². The average molecular weight is 227 g/mol. The summed E-state index contributed by atoms with van der Waals surface area (Å²) < 4.78 is 0. The molecule has 0 aliphatic carbocycles. The monoisotopic (exact) mass is 227 g/mol. The molecule has 2 N–H and O–H groups in total. The van der Waals surface area contributed by atoms with E-state index >= 15 is 0 Å². The molecule has 88 valence electrons. The molecular formula is C14H17N3. The van der Waals surface area contributed by atoms with Crippen LogP contribution in [0.25, 0.3) is 0 Å². The van der Waals surface area contributed by atoms with Gasteiger partial charge in [0.15, 0.2) is 0 Å². The van der Waals surface area contributed by atoms with Crippen LogP contribution in [0.1, 0.15) is 42.7 Å². The summed E-state index contributed by atoms with van der Waals surface area (Å²) >= 11 is 0. The molecule has 0 saturated carbocycles. The van der Waals surface area contributed by atoms with Gasteiger partial charge in [-0.15, -0.1) is 0 Å². The Morgan fingerprint density at radius 3 is 2.29 bits per heavy atom. The molecule has 0 heterocycles. The first kappa shape index (κ1) is 13.1. The van der Waals surface area contributed by atoms with Gasteiger partial charge in [0, 0.05) is 18.5 Å².